The Bertz CT molecular complexity index is 1150. The van der Waals surface area contributed by atoms with Crippen molar-refractivity contribution in [1.29, 1.82) is 0 Å². The third-order valence-corrected chi connectivity index (χ3v) is 8.58. The van der Waals surface area contributed by atoms with Gasteiger partial charge in [-0.15, -0.1) is 0 Å². The average Bonchev–Trinajstić information content (AvgIpc) is 3.37. The van der Waals surface area contributed by atoms with Crippen molar-refractivity contribution in [2.24, 2.45) is 5.92 Å². The molecule has 2 N–H and O–H groups in total. The first kappa shape index (κ1) is 26.0. The number of rotatable bonds is 8. The molecule has 1 aliphatic carbocycles. The summed E-state index contributed by atoms with van der Waals surface area (Å²) in [7, 11) is -4.14. The first-order valence-corrected chi connectivity index (χ1v) is 13.9. The van der Waals surface area contributed by atoms with Crippen molar-refractivity contribution in [3.63, 3.8) is 0 Å². The Morgan fingerprint density at radius 2 is 1.89 bits per heavy atom. The molecule has 2 aromatic heterocycles. The van der Waals surface area contributed by atoms with E-state index in [9.17, 15) is 22.8 Å². The van der Waals surface area contributed by atoms with E-state index < -0.39 is 39.8 Å². The second-order valence-corrected chi connectivity index (χ2v) is 11.2. The third-order valence-electron chi connectivity index (χ3n) is 6.79. The van der Waals surface area contributed by atoms with E-state index in [1.807, 2.05) is 0 Å². The van der Waals surface area contributed by atoms with E-state index in [0.717, 1.165) is 36.4 Å². The lowest BCUT2D eigenvalue weighted by atomic mass is 9.84. The molecular weight excluding hydrogens is 484 g/mol. The molecule has 2 amide bonds. The second kappa shape index (κ2) is 11.8. The summed E-state index contributed by atoms with van der Waals surface area (Å²) < 4.78 is 32.9. The molecule has 2 aromatic rings. The van der Waals surface area contributed by atoms with Crippen LogP contribution in [-0.2, 0) is 19.6 Å². The molecule has 1 unspecified atom stereocenters. The fourth-order valence-electron chi connectivity index (χ4n) is 4.88. The highest BCUT2D eigenvalue weighted by Gasteiger charge is 2.40. The van der Waals surface area contributed by atoms with Crippen LogP contribution in [0, 0.1) is 5.92 Å². The van der Waals surface area contributed by atoms with Gasteiger partial charge >= 0.3 is 0 Å². The standard InChI is InChI=1S/C25H32N4O6S/c30-20-11-5-7-15-29(36(33,34)22-13-4-6-14-26-22)23(20)28-24(31)19(17-18-9-2-1-3-10-18)27-25(32)21-12-8-16-35-21/h4,6,8,12-14,16,18-19,23H,1-3,5,7,9-11,15,17H2,(H,27,32)(H,28,31)/t19?,23-/m0/s1. The van der Waals surface area contributed by atoms with E-state index in [4.69, 9.17) is 4.42 Å². The number of sulfonamides is 1. The molecule has 1 saturated carbocycles. The minimum atomic E-state index is -4.14. The summed E-state index contributed by atoms with van der Waals surface area (Å²) in [5, 5.41) is 5.20. The molecule has 4 rings (SSSR count). The lowest BCUT2D eigenvalue weighted by Crippen LogP contribution is -2.58. The van der Waals surface area contributed by atoms with Gasteiger partial charge in [0, 0.05) is 19.2 Å². The van der Waals surface area contributed by atoms with Crippen LogP contribution in [0.2, 0.25) is 0 Å². The molecule has 2 fully saturated rings. The van der Waals surface area contributed by atoms with Crippen LogP contribution >= 0.6 is 0 Å². The summed E-state index contributed by atoms with van der Waals surface area (Å²) in [6, 6.07) is 6.65. The van der Waals surface area contributed by atoms with Crippen LogP contribution in [0.4, 0.5) is 0 Å². The topological polar surface area (TPSA) is 139 Å². The summed E-state index contributed by atoms with van der Waals surface area (Å²) >= 11 is 0. The number of nitrogens with one attached hydrogen (secondary N) is 2. The highest BCUT2D eigenvalue weighted by molar-refractivity contribution is 7.89. The number of ketones is 1. The minimum Gasteiger partial charge on any atom is -0.459 e. The zero-order valence-corrected chi connectivity index (χ0v) is 20.9. The number of aromatic nitrogens is 1. The molecule has 2 aliphatic rings. The van der Waals surface area contributed by atoms with Gasteiger partial charge in [-0.25, -0.2) is 13.4 Å². The van der Waals surface area contributed by atoms with Crippen LogP contribution in [0.25, 0.3) is 0 Å². The molecule has 11 heteroatoms. The first-order valence-electron chi connectivity index (χ1n) is 12.5. The van der Waals surface area contributed by atoms with Gasteiger partial charge in [0.2, 0.25) is 5.91 Å². The van der Waals surface area contributed by atoms with E-state index in [1.54, 1.807) is 18.2 Å². The number of pyridine rings is 1. The van der Waals surface area contributed by atoms with Crippen molar-refractivity contribution >= 4 is 27.6 Å². The van der Waals surface area contributed by atoms with E-state index in [-0.39, 0.29) is 29.7 Å². The number of hydrogen-bond acceptors (Lipinski definition) is 7. The van der Waals surface area contributed by atoms with Crippen LogP contribution < -0.4 is 10.6 Å². The highest BCUT2D eigenvalue weighted by Crippen LogP contribution is 2.28. The van der Waals surface area contributed by atoms with Crippen molar-refractivity contribution in [1.82, 2.24) is 19.9 Å². The SMILES string of the molecule is O=C(NC(CC1CCCCC1)C(=O)N[C@@H]1C(=O)CCCCN1S(=O)(=O)c1ccccn1)c1ccco1. The van der Waals surface area contributed by atoms with Gasteiger partial charge in [-0.1, -0.05) is 38.2 Å². The zero-order chi connectivity index (χ0) is 25.5. The molecule has 1 aliphatic heterocycles. The molecule has 36 heavy (non-hydrogen) atoms. The van der Waals surface area contributed by atoms with Gasteiger partial charge in [0.25, 0.3) is 15.9 Å². The molecule has 10 nitrogen and oxygen atoms in total. The molecule has 0 bridgehead atoms. The average molecular weight is 517 g/mol. The van der Waals surface area contributed by atoms with E-state index in [2.05, 4.69) is 15.6 Å². The summed E-state index contributed by atoms with van der Waals surface area (Å²) in [6.45, 7) is 0.0711. The predicted molar refractivity (Wildman–Crippen MR) is 130 cm³/mol. The van der Waals surface area contributed by atoms with Crippen molar-refractivity contribution in [3.05, 3.63) is 48.6 Å². The normalized spacial score (nSPS) is 20.9. The second-order valence-electron chi connectivity index (χ2n) is 9.36. The quantitative estimate of drug-likeness (QED) is 0.550. The van der Waals surface area contributed by atoms with Gasteiger partial charge in [-0.05, 0) is 49.4 Å². The van der Waals surface area contributed by atoms with Crippen LogP contribution in [0.3, 0.4) is 0 Å². The van der Waals surface area contributed by atoms with Gasteiger partial charge in [0.1, 0.15) is 6.04 Å². The number of nitrogens with zero attached hydrogens (tertiary/aromatic N) is 2. The summed E-state index contributed by atoms with van der Waals surface area (Å²) in [5.74, 6) is -1.22. The van der Waals surface area contributed by atoms with Crippen LogP contribution in [-0.4, -0.2) is 54.1 Å². The van der Waals surface area contributed by atoms with Gasteiger partial charge < -0.3 is 15.1 Å². The third kappa shape index (κ3) is 6.19. The monoisotopic (exact) mass is 516 g/mol. The van der Waals surface area contributed by atoms with E-state index >= 15 is 0 Å². The zero-order valence-electron chi connectivity index (χ0n) is 20.1. The first-order chi connectivity index (χ1) is 17.4. The number of carbonyl (C=O) groups excluding carboxylic acids is 3. The lowest BCUT2D eigenvalue weighted by Gasteiger charge is -2.31. The Morgan fingerprint density at radius 1 is 1.08 bits per heavy atom. The molecule has 0 spiro atoms. The Kier molecular flexibility index (Phi) is 8.52. The molecule has 0 aromatic carbocycles. The molecule has 0 radical (unpaired) electrons. The molecule has 1 saturated heterocycles. The summed E-state index contributed by atoms with van der Waals surface area (Å²) in [4.78, 5) is 43.2. The van der Waals surface area contributed by atoms with Crippen molar-refractivity contribution in [2.45, 2.75) is 75.0 Å². The van der Waals surface area contributed by atoms with E-state index in [0.29, 0.717) is 19.3 Å². The molecule has 2 atom stereocenters. The van der Waals surface area contributed by atoms with Crippen molar-refractivity contribution in [2.75, 3.05) is 6.54 Å². The number of amides is 2. The minimum absolute atomic E-state index is 0.0707. The number of furan rings is 1. The van der Waals surface area contributed by atoms with Gasteiger partial charge in [0.15, 0.2) is 22.7 Å². The Morgan fingerprint density at radius 3 is 2.58 bits per heavy atom. The Balaban J connectivity index is 1.57. The van der Waals surface area contributed by atoms with Crippen LogP contribution in [0.15, 0.2) is 52.2 Å². The van der Waals surface area contributed by atoms with Gasteiger partial charge in [-0.3, -0.25) is 14.4 Å². The summed E-state index contributed by atoms with van der Waals surface area (Å²) in [6.07, 6.45) is 8.05. The number of carbonyl (C=O) groups is 3. The fraction of sp³-hybridized carbons (Fsp3) is 0.520. The summed E-state index contributed by atoms with van der Waals surface area (Å²) in [5.41, 5.74) is 0. The highest BCUT2D eigenvalue weighted by atomic mass is 32.2. The lowest BCUT2D eigenvalue weighted by molar-refractivity contribution is -0.131. The number of hydrogen-bond donors (Lipinski definition) is 2. The fourth-order valence-corrected chi connectivity index (χ4v) is 6.39. The maximum atomic E-state index is 13.5. The Labute approximate surface area is 210 Å². The maximum absolute atomic E-state index is 13.5. The van der Waals surface area contributed by atoms with Gasteiger partial charge in [0.05, 0.1) is 6.26 Å². The molecular formula is C25H32N4O6S. The Hall–Kier alpha value is -3.05. The van der Waals surface area contributed by atoms with Gasteiger partial charge in [-0.2, -0.15) is 4.31 Å². The smallest absolute Gasteiger partial charge is 0.287 e. The molecule has 3 heterocycles. The van der Waals surface area contributed by atoms with Crippen molar-refractivity contribution in [3.8, 4) is 0 Å². The van der Waals surface area contributed by atoms with Crippen LogP contribution in [0.1, 0.15) is 68.3 Å². The molecule has 194 valence electrons. The number of Topliss-reactive ketones (excluding diaryl/α,β-unsaturated/α-hetero) is 1. The largest absolute Gasteiger partial charge is 0.459 e. The van der Waals surface area contributed by atoms with E-state index in [1.165, 1.54) is 24.6 Å². The predicted octanol–water partition coefficient (Wildman–Crippen LogP) is 2.63. The van der Waals surface area contributed by atoms with Crippen molar-refractivity contribution < 1.29 is 27.2 Å². The van der Waals surface area contributed by atoms with Crippen LogP contribution in [0.5, 0.6) is 0 Å². The maximum Gasteiger partial charge on any atom is 0.287 e.